The summed E-state index contributed by atoms with van der Waals surface area (Å²) in [7, 11) is -2.74. The molecule has 0 saturated carbocycles. The molecule has 0 amide bonds. The Hall–Kier alpha value is -2.66. The summed E-state index contributed by atoms with van der Waals surface area (Å²) >= 11 is 5.90. The molecule has 3 rings (SSSR count). The minimum absolute atomic E-state index is 0.0148. The van der Waals surface area contributed by atoms with Gasteiger partial charge in [0.1, 0.15) is 4.90 Å². The van der Waals surface area contributed by atoms with E-state index in [0.717, 1.165) is 6.20 Å². The van der Waals surface area contributed by atoms with Crippen LogP contribution in [0.5, 0.6) is 11.6 Å². The van der Waals surface area contributed by atoms with Gasteiger partial charge in [0.2, 0.25) is 12.4 Å². The van der Waals surface area contributed by atoms with Crippen LogP contribution in [-0.2, 0) is 10.0 Å². The second-order valence-corrected chi connectivity index (χ2v) is 7.63. The smallest absolute Gasteiger partial charge is 0.266 e. The van der Waals surface area contributed by atoms with E-state index < -0.39 is 22.9 Å². The fourth-order valence-electron chi connectivity index (χ4n) is 2.38. The van der Waals surface area contributed by atoms with Crippen LogP contribution in [0.1, 0.15) is 6.42 Å². The predicted molar refractivity (Wildman–Crippen MR) is 98.8 cm³/mol. The number of alkyl halides is 2. The van der Waals surface area contributed by atoms with E-state index in [9.17, 15) is 17.2 Å². The molecule has 0 fully saturated rings. The van der Waals surface area contributed by atoms with E-state index in [2.05, 4.69) is 19.7 Å². The van der Waals surface area contributed by atoms with Crippen molar-refractivity contribution in [2.75, 3.05) is 18.4 Å². The van der Waals surface area contributed by atoms with Crippen molar-refractivity contribution in [2.24, 2.45) is 0 Å². The molecule has 28 heavy (non-hydrogen) atoms. The molecule has 2 N–H and O–H groups in total. The SMILES string of the molecule is COc1nc(NS(=O)(=O)c2c[nH]c3cc(Cl)ccc23)ncc1OCCC(F)F. The summed E-state index contributed by atoms with van der Waals surface area (Å²) in [6, 6.07) is 4.74. The van der Waals surface area contributed by atoms with Crippen LogP contribution in [0.2, 0.25) is 5.02 Å². The van der Waals surface area contributed by atoms with Gasteiger partial charge in [-0.05, 0) is 18.2 Å². The standard InChI is InChI=1S/C16H15ClF2N4O4S/c1-26-15-12(27-5-4-14(18)19)7-21-16(22-15)23-28(24,25)13-8-20-11-6-9(17)2-3-10(11)13/h2-3,6-8,14,20H,4-5H2,1H3,(H,21,22,23). The number of H-pyrrole nitrogens is 1. The molecule has 12 heteroatoms. The fraction of sp³-hybridized carbons (Fsp3) is 0.250. The maximum Gasteiger partial charge on any atom is 0.266 e. The number of methoxy groups -OCH3 is 1. The molecular weight excluding hydrogens is 418 g/mol. The van der Waals surface area contributed by atoms with Crippen molar-refractivity contribution in [3.05, 3.63) is 35.6 Å². The predicted octanol–water partition coefficient (Wildman–Crippen LogP) is 3.45. The molecule has 8 nitrogen and oxygen atoms in total. The lowest BCUT2D eigenvalue weighted by atomic mass is 10.2. The van der Waals surface area contributed by atoms with Crippen LogP contribution < -0.4 is 14.2 Å². The zero-order chi connectivity index (χ0) is 20.3. The first-order valence-corrected chi connectivity index (χ1v) is 9.77. The molecule has 0 bridgehead atoms. The Balaban J connectivity index is 1.83. The highest BCUT2D eigenvalue weighted by molar-refractivity contribution is 7.93. The third-order valence-electron chi connectivity index (χ3n) is 3.63. The number of ether oxygens (including phenoxy) is 2. The maximum atomic E-state index is 12.7. The Morgan fingerprint density at radius 2 is 2.14 bits per heavy atom. The van der Waals surface area contributed by atoms with E-state index in [-0.39, 0.29) is 29.1 Å². The fourth-order valence-corrected chi connectivity index (χ4v) is 3.68. The largest absolute Gasteiger partial charge is 0.487 e. The number of rotatable bonds is 8. The molecule has 0 aliphatic carbocycles. The molecule has 0 saturated heterocycles. The van der Waals surface area contributed by atoms with Crippen molar-refractivity contribution in [1.29, 1.82) is 0 Å². The number of hydrogen-bond donors (Lipinski definition) is 2. The van der Waals surface area contributed by atoms with Gasteiger partial charge in [0.05, 0.1) is 19.9 Å². The summed E-state index contributed by atoms with van der Waals surface area (Å²) in [5.74, 6) is -0.332. The number of nitrogens with zero attached hydrogens (tertiary/aromatic N) is 2. The van der Waals surface area contributed by atoms with Crippen LogP contribution >= 0.6 is 11.6 Å². The monoisotopic (exact) mass is 432 g/mol. The zero-order valence-electron chi connectivity index (χ0n) is 14.4. The molecule has 0 atom stereocenters. The van der Waals surface area contributed by atoms with Gasteiger partial charge >= 0.3 is 0 Å². The van der Waals surface area contributed by atoms with Crippen molar-refractivity contribution in [3.63, 3.8) is 0 Å². The molecule has 0 aliphatic rings. The minimum Gasteiger partial charge on any atom is -0.487 e. The Bertz CT molecular complexity index is 1090. The van der Waals surface area contributed by atoms with Crippen LogP contribution in [0, 0.1) is 0 Å². The zero-order valence-corrected chi connectivity index (χ0v) is 16.0. The Morgan fingerprint density at radius 3 is 2.86 bits per heavy atom. The molecule has 2 heterocycles. The Morgan fingerprint density at radius 1 is 1.36 bits per heavy atom. The van der Waals surface area contributed by atoms with E-state index in [4.69, 9.17) is 21.1 Å². The van der Waals surface area contributed by atoms with Gasteiger partial charge in [0, 0.05) is 28.5 Å². The van der Waals surface area contributed by atoms with Gasteiger partial charge in [-0.1, -0.05) is 11.6 Å². The number of aromatic amines is 1. The number of nitrogens with one attached hydrogen (secondary N) is 2. The number of aromatic nitrogens is 3. The summed E-state index contributed by atoms with van der Waals surface area (Å²) in [4.78, 5) is 10.6. The van der Waals surface area contributed by atoms with Gasteiger partial charge in [-0.3, -0.25) is 0 Å². The van der Waals surface area contributed by atoms with Crippen LogP contribution in [0.3, 0.4) is 0 Å². The Kier molecular flexibility index (Phi) is 5.84. The molecule has 3 aromatic rings. The highest BCUT2D eigenvalue weighted by Gasteiger charge is 2.21. The number of benzene rings is 1. The number of halogens is 3. The highest BCUT2D eigenvalue weighted by atomic mass is 35.5. The van der Waals surface area contributed by atoms with Crippen molar-refractivity contribution in [3.8, 4) is 11.6 Å². The number of sulfonamides is 1. The first kappa shape index (κ1) is 20.1. The van der Waals surface area contributed by atoms with Gasteiger partial charge in [0.25, 0.3) is 15.9 Å². The summed E-state index contributed by atoms with van der Waals surface area (Å²) in [6.07, 6.45) is -0.515. The number of fused-ring (bicyclic) bond motifs is 1. The van der Waals surface area contributed by atoms with Crippen LogP contribution in [0.4, 0.5) is 14.7 Å². The van der Waals surface area contributed by atoms with E-state index in [1.54, 1.807) is 18.2 Å². The topological polar surface area (TPSA) is 106 Å². The van der Waals surface area contributed by atoms with Gasteiger partial charge < -0.3 is 14.5 Å². The van der Waals surface area contributed by atoms with E-state index >= 15 is 0 Å². The van der Waals surface area contributed by atoms with E-state index in [1.807, 2.05) is 0 Å². The van der Waals surface area contributed by atoms with Crippen molar-refractivity contribution < 1.29 is 26.7 Å². The van der Waals surface area contributed by atoms with Crippen LogP contribution in [-0.4, -0.2) is 43.5 Å². The first-order valence-electron chi connectivity index (χ1n) is 7.91. The molecular formula is C16H15ClF2N4O4S. The molecule has 1 aromatic carbocycles. The quantitative estimate of drug-likeness (QED) is 0.564. The van der Waals surface area contributed by atoms with E-state index in [1.165, 1.54) is 13.3 Å². The number of anilines is 1. The van der Waals surface area contributed by atoms with E-state index in [0.29, 0.717) is 15.9 Å². The minimum atomic E-state index is -4.02. The number of hydrogen-bond acceptors (Lipinski definition) is 6. The third-order valence-corrected chi connectivity index (χ3v) is 5.23. The second-order valence-electron chi connectivity index (χ2n) is 5.54. The van der Waals surface area contributed by atoms with Crippen molar-refractivity contribution in [1.82, 2.24) is 15.0 Å². The van der Waals surface area contributed by atoms with Crippen LogP contribution in [0.25, 0.3) is 10.9 Å². The Labute approximate surface area is 163 Å². The summed E-state index contributed by atoms with van der Waals surface area (Å²) in [5, 5.41) is 0.901. The lowest BCUT2D eigenvalue weighted by Crippen LogP contribution is -2.15. The molecule has 0 spiro atoms. The summed E-state index contributed by atoms with van der Waals surface area (Å²) < 4.78 is 62.2. The third kappa shape index (κ3) is 4.42. The lowest BCUT2D eigenvalue weighted by molar-refractivity contribution is 0.113. The van der Waals surface area contributed by atoms with Gasteiger partial charge in [0.15, 0.2) is 5.75 Å². The van der Waals surface area contributed by atoms with Crippen molar-refractivity contribution in [2.45, 2.75) is 17.7 Å². The highest BCUT2D eigenvalue weighted by Crippen LogP contribution is 2.28. The average molecular weight is 433 g/mol. The normalized spacial score (nSPS) is 11.8. The maximum absolute atomic E-state index is 12.7. The van der Waals surface area contributed by atoms with Gasteiger partial charge in [-0.25, -0.2) is 26.9 Å². The molecule has 0 aliphatic heterocycles. The van der Waals surface area contributed by atoms with Gasteiger partial charge in [-0.2, -0.15) is 4.98 Å². The molecule has 0 unspecified atom stereocenters. The molecule has 2 aromatic heterocycles. The second kappa shape index (κ2) is 8.15. The van der Waals surface area contributed by atoms with Gasteiger partial charge in [-0.15, -0.1) is 0 Å². The molecule has 150 valence electrons. The summed E-state index contributed by atoms with van der Waals surface area (Å²) in [5.41, 5.74) is 0.550. The average Bonchev–Trinajstić information content (AvgIpc) is 3.06. The van der Waals surface area contributed by atoms with Crippen LogP contribution in [0.15, 0.2) is 35.5 Å². The summed E-state index contributed by atoms with van der Waals surface area (Å²) in [6.45, 7) is -0.264. The molecule has 0 radical (unpaired) electrons. The van der Waals surface area contributed by atoms with Crippen molar-refractivity contribution >= 4 is 38.5 Å². The lowest BCUT2D eigenvalue weighted by Gasteiger charge is -2.11. The first-order chi connectivity index (χ1) is 13.3.